The van der Waals surface area contributed by atoms with Gasteiger partial charge in [0, 0.05) is 26.2 Å². The van der Waals surface area contributed by atoms with Gasteiger partial charge in [0.05, 0.1) is 17.5 Å². The van der Waals surface area contributed by atoms with E-state index in [9.17, 15) is 18.0 Å². The monoisotopic (exact) mass is 339 g/mol. The van der Waals surface area contributed by atoms with Crippen molar-refractivity contribution < 1.29 is 18.0 Å². The molecule has 3 rings (SSSR count). The molecule has 1 saturated heterocycles. The molecule has 1 aromatic heterocycles. The minimum Gasteiger partial charge on any atom is -0.359 e. The van der Waals surface area contributed by atoms with Crippen LogP contribution in [0.15, 0.2) is 12.3 Å². The zero-order chi connectivity index (χ0) is 16.6. The molecule has 2 aliphatic rings. The van der Waals surface area contributed by atoms with Crippen molar-refractivity contribution in [1.29, 1.82) is 0 Å². The molecule has 2 N–H and O–H groups in total. The smallest absolute Gasteiger partial charge is 0.270 e. The van der Waals surface area contributed by atoms with Gasteiger partial charge in [-0.05, 0) is 30.4 Å². The van der Waals surface area contributed by atoms with Crippen LogP contribution in [0.5, 0.6) is 0 Å². The van der Waals surface area contributed by atoms with Gasteiger partial charge < -0.3 is 15.2 Å². The fraction of sp³-hybridized carbons (Fsp3) is 0.600. The average molecular weight is 339 g/mol. The van der Waals surface area contributed by atoms with Crippen molar-refractivity contribution >= 4 is 21.7 Å². The standard InChI is InChI=1S/C15H21N3O4S/c1-16-13(19)8-11-9-23(21,22)7-6-18(11)15(20)14-12(4-5-17-14)10-2-3-10/h4-5,10-11,17H,2-3,6-9H2,1H3,(H,16,19). The van der Waals surface area contributed by atoms with Gasteiger partial charge in [0.15, 0.2) is 9.84 Å². The van der Waals surface area contributed by atoms with E-state index in [1.54, 1.807) is 6.20 Å². The summed E-state index contributed by atoms with van der Waals surface area (Å²) in [5, 5.41) is 2.49. The highest BCUT2D eigenvalue weighted by atomic mass is 32.2. The topological polar surface area (TPSA) is 99.3 Å². The van der Waals surface area contributed by atoms with Crippen LogP contribution >= 0.6 is 0 Å². The van der Waals surface area contributed by atoms with Gasteiger partial charge in [-0.25, -0.2) is 8.42 Å². The summed E-state index contributed by atoms with van der Waals surface area (Å²) in [4.78, 5) is 29.1. The molecule has 0 aromatic carbocycles. The average Bonchev–Trinajstić information content (AvgIpc) is 3.23. The molecule has 0 radical (unpaired) electrons. The summed E-state index contributed by atoms with van der Waals surface area (Å²) in [6, 6.07) is 1.30. The van der Waals surface area contributed by atoms with E-state index >= 15 is 0 Å². The number of amides is 2. The maximum atomic E-state index is 12.9. The van der Waals surface area contributed by atoms with Gasteiger partial charge >= 0.3 is 0 Å². The van der Waals surface area contributed by atoms with Crippen LogP contribution < -0.4 is 5.32 Å². The van der Waals surface area contributed by atoms with Gasteiger partial charge in [-0.3, -0.25) is 9.59 Å². The van der Waals surface area contributed by atoms with E-state index in [4.69, 9.17) is 0 Å². The zero-order valence-corrected chi connectivity index (χ0v) is 13.9. The second-order valence-electron chi connectivity index (χ2n) is 6.23. The van der Waals surface area contributed by atoms with Gasteiger partial charge in [0.1, 0.15) is 5.69 Å². The highest BCUT2D eigenvalue weighted by Gasteiger charge is 2.38. The lowest BCUT2D eigenvalue weighted by molar-refractivity contribution is -0.121. The van der Waals surface area contributed by atoms with Crippen molar-refractivity contribution in [2.45, 2.75) is 31.2 Å². The minimum atomic E-state index is -3.22. The zero-order valence-electron chi connectivity index (χ0n) is 13.0. The van der Waals surface area contributed by atoms with E-state index in [1.165, 1.54) is 11.9 Å². The Balaban J connectivity index is 1.84. The number of sulfone groups is 1. The van der Waals surface area contributed by atoms with E-state index in [2.05, 4.69) is 10.3 Å². The molecule has 1 aliphatic carbocycles. The lowest BCUT2D eigenvalue weighted by Crippen LogP contribution is -2.52. The second kappa shape index (κ2) is 5.99. The summed E-state index contributed by atoms with van der Waals surface area (Å²) in [6.45, 7) is 0.131. The Hall–Kier alpha value is -1.83. The summed E-state index contributed by atoms with van der Waals surface area (Å²) in [7, 11) is -1.72. The third kappa shape index (κ3) is 3.41. The quantitative estimate of drug-likeness (QED) is 0.822. The van der Waals surface area contributed by atoms with Crippen LogP contribution in [0, 0.1) is 0 Å². The molecule has 7 nitrogen and oxygen atoms in total. The van der Waals surface area contributed by atoms with Crippen molar-refractivity contribution in [1.82, 2.24) is 15.2 Å². The Morgan fingerprint density at radius 1 is 1.39 bits per heavy atom. The number of hydrogen-bond donors (Lipinski definition) is 2. The molecule has 23 heavy (non-hydrogen) atoms. The minimum absolute atomic E-state index is 0.000933. The summed E-state index contributed by atoms with van der Waals surface area (Å²) >= 11 is 0. The molecule has 8 heteroatoms. The van der Waals surface area contributed by atoms with Crippen LogP contribution in [-0.2, 0) is 14.6 Å². The molecule has 2 heterocycles. The normalized spacial score (nSPS) is 23.5. The van der Waals surface area contributed by atoms with Gasteiger partial charge in [-0.15, -0.1) is 0 Å². The van der Waals surface area contributed by atoms with Gasteiger partial charge in [0.25, 0.3) is 5.91 Å². The molecule has 2 amide bonds. The number of aromatic amines is 1. The van der Waals surface area contributed by atoms with Crippen LogP contribution in [0.4, 0.5) is 0 Å². The van der Waals surface area contributed by atoms with Gasteiger partial charge in [-0.1, -0.05) is 0 Å². The number of hydrogen-bond acceptors (Lipinski definition) is 4. The summed E-state index contributed by atoms with van der Waals surface area (Å²) in [5.74, 6) is -0.265. The third-order valence-corrected chi connectivity index (χ3v) is 6.20. The molecule has 1 unspecified atom stereocenters. The molecule has 1 saturated carbocycles. The largest absolute Gasteiger partial charge is 0.359 e. The number of carbonyl (C=O) groups excluding carboxylic acids is 2. The molecular formula is C15H21N3O4S. The third-order valence-electron chi connectivity index (χ3n) is 4.50. The van der Waals surface area contributed by atoms with Crippen LogP contribution in [0.3, 0.4) is 0 Å². The van der Waals surface area contributed by atoms with Gasteiger partial charge in [-0.2, -0.15) is 0 Å². The molecule has 1 aliphatic heterocycles. The van der Waals surface area contributed by atoms with Gasteiger partial charge in [0.2, 0.25) is 5.91 Å². The van der Waals surface area contributed by atoms with Crippen LogP contribution in [-0.4, -0.2) is 61.3 Å². The SMILES string of the molecule is CNC(=O)CC1CS(=O)(=O)CCN1C(=O)c1[nH]ccc1C1CC1. The predicted molar refractivity (Wildman–Crippen MR) is 84.9 cm³/mol. The first kappa shape index (κ1) is 16.0. The first-order valence-corrected chi connectivity index (χ1v) is 9.62. The number of carbonyl (C=O) groups is 2. The lowest BCUT2D eigenvalue weighted by Gasteiger charge is -2.35. The summed E-state index contributed by atoms with van der Waals surface area (Å²) in [5.41, 5.74) is 1.54. The van der Waals surface area contributed by atoms with E-state index in [-0.39, 0.29) is 36.3 Å². The Kier molecular flexibility index (Phi) is 4.18. The maximum absolute atomic E-state index is 12.9. The highest BCUT2D eigenvalue weighted by Crippen LogP contribution is 2.41. The maximum Gasteiger partial charge on any atom is 0.270 e. The molecule has 1 aromatic rings. The number of rotatable bonds is 4. The predicted octanol–water partition coefficient (Wildman–Crippen LogP) is 0.267. The molecule has 126 valence electrons. The molecule has 2 fully saturated rings. The fourth-order valence-electron chi connectivity index (χ4n) is 3.08. The van der Waals surface area contributed by atoms with Crippen molar-refractivity contribution in [2.24, 2.45) is 0 Å². The Labute approximate surface area is 135 Å². The summed E-state index contributed by atoms with van der Waals surface area (Å²) < 4.78 is 23.8. The Bertz CT molecular complexity index is 721. The first-order chi connectivity index (χ1) is 10.9. The molecular weight excluding hydrogens is 318 g/mol. The van der Waals surface area contributed by atoms with Crippen LogP contribution in [0.1, 0.15) is 41.2 Å². The summed E-state index contributed by atoms with van der Waals surface area (Å²) in [6.07, 6.45) is 3.90. The fourth-order valence-corrected chi connectivity index (χ4v) is 4.61. The number of nitrogens with one attached hydrogen (secondary N) is 2. The van der Waals surface area contributed by atoms with Crippen LogP contribution in [0.25, 0.3) is 0 Å². The van der Waals surface area contributed by atoms with E-state index in [1.807, 2.05) is 6.07 Å². The van der Waals surface area contributed by atoms with E-state index < -0.39 is 15.9 Å². The van der Waals surface area contributed by atoms with E-state index in [0.29, 0.717) is 11.6 Å². The lowest BCUT2D eigenvalue weighted by atomic mass is 10.1. The number of H-pyrrole nitrogens is 1. The Morgan fingerprint density at radius 3 is 2.78 bits per heavy atom. The second-order valence-corrected chi connectivity index (χ2v) is 8.46. The van der Waals surface area contributed by atoms with Crippen molar-refractivity contribution in [3.8, 4) is 0 Å². The Morgan fingerprint density at radius 2 is 2.13 bits per heavy atom. The molecule has 0 bridgehead atoms. The van der Waals surface area contributed by atoms with Crippen molar-refractivity contribution in [3.63, 3.8) is 0 Å². The number of nitrogens with zero attached hydrogens (tertiary/aromatic N) is 1. The number of aromatic nitrogens is 1. The first-order valence-electron chi connectivity index (χ1n) is 7.80. The molecule has 0 spiro atoms. The van der Waals surface area contributed by atoms with Crippen molar-refractivity contribution in [3.05, 3.63) is 23.5 Å². The van der Waals surface area contributed by atoms with Crippen molar-refractivity contribution in [2.75, 3.05) is 25.1 Å². The van der Waals surface area contributed by atoms with E-state index in [0.717, 1.165) is 18.4 Å². The molecule has 1 atom stereocenters. The van der Waals surface area contributed by atoms with Crippen LogP contribution in [0.2, 0.25) is 0 Å². The highest BCUT2D eigenvalue weighted by molar-refractivity contribution is 7.91.